The molecule has 11 heteroatoms. The topological polar surface area (TPSA) is 140 Å². The second-order valence-corrected chi connectivity index (χ2v) is 5.79. The summed E-state index contributed by atoms with van der Waals surface area (Å²) in [4.78, 5) is 20.1. The summed E-state index contributed by atoms with van der Waals surface area (Å²) in [6.07, 6.45) is 2.66. The Morgan fingerprint density at radius 2 is 1.72 bits per heavy atom. The van der Waals surface area contributed by atoms with E-state index in [0.717, 1.165) is 18.6 Å². The molecule has 2 heterocycles. The van der Waals surface area contributed by atoms with Gasteiger partial charge in [-0.2, -0.15) is 0 Å². The Bertz CT molecular complexity index is 528. The van der Waals surface area contributed by atoms with Crippen molar-refractivity contribution < 1.29 is 4.79 Å². The highest BCUT2D eigenvalue weighted by Gasteiger charge is 2.31. The molecule has 140 valence electrons. The molecule has 0 aromatic carbocycles. The van der Waals surface area contributed by atoms with Crippen molar-refractivity contribution in [3.05, 3.63) is 0 Å². The zero-order chi connectivity index (χ0) is 18.2. The maximum Gasteiger partial charge on any atom is 0.230 e. The number of hydrogen-bond donors (Lipinski definition) is 4. The summed E-state index contributed by atoms with van der Waals surface area (Å²) in [7, 11) is 0. The van der Waals surface area contributed by atoms with Crippen LogP contribution in [0, 0.1) is 0 Å². The molecule has 0 atom stereocenters. The Kier molecular flexibility index (Phi) is 6.95. The predicted molar refractivity (Wildman–Crippen MR) is 96.8 cm³/mol. The van der Waals surface area contributed by atoms with Crippen LogP contribution in [0.2, 0.25) is 0 Å². The van der Waals surface area contributed by atoms with E-state index >= 15 is 0 Å². The van der Waals surface area contributed by atoms with Crippen molar-refractivity contribution in [2.24, 2.45) is 26.8 Å². The summed E-state index contributed by atoms with van der Waals surface area (Å²) in [5.74, 6) is 12.5. The Labute approximate surface area is 147 Å². The van der Waals surface area contributed by atoms with Gasteiger partial charge in [0.15, 0.2) is 0 Å². The van der Waals surface area contributed by atoms with E-state index < -0.39 is 0 Å². The smallest absolute Gasteiger partial charge is 0.230 e. The van der Waals surface area contributed by atoms with Gasteiger partial charge in [0, 0.05) is 18.6 Å². The lowest BCUT2D eigenvalue weighted by Gasteiger charge is -2.37. The molecule has 0 radical (unpaired) electrons. The lowest BCUT2D eigenvalue weighted by Crippen LogP contribution is -2.59. The van der Waals surface area contributed by atoms with E-state index in [1.807, 2.05) is 23.9 Å². The van der Waals surface area contributed by atoms with E-state index in [9.17, 15) is 4.79 Å². The number of ketones is 1. The summed E-state index contributed by atoms with van der Waals surface area (Å²) in [5.41, 5.74) is 6.08. The molecule has 0 fully saturated rings. The summed E-state index contributed by atoms with van der Waals surface area (Å²) in [6.45, 7) is 6.33. The molecule has 0 spiro atoms. The largest absolute Gasteiger partial charge is 0.300 e. The van der Waals surface area contributed by atoms with Crippen molar-refractivity contribution in [2.75, 3.05) is 26.2 Å². The van der Waals surface area contributed by atoms with E-state index in [1.54, 1.807) is 5.23 Å². The van der Waals surface area contributed by atoms with Gasteiger partial charge in [-0.05, 0) is 19.8 Å². The third-order valence-electron chi connectivity index (χ3n) is 3.97. The molecule has 11 nitrogen and oxygen atoms in total. The van der Waals surface area contributed by atoms with Gasteiger partial charge in [0.25, 0.3) is 0 Å². The van der Waals surface area contributed by atoms with E-state index in [2.05, 4.69) is 20.8 Å². The third-order valence-corrected chi connectivity index (χ3v) is 3.97. The Hall–Kier alpha value is -2.40. The number of rotatable bonds is 8. The number of aliphatic imine (C=N–C) groups is 2. The second kappa shape index (κ2) is 9.18. The highest BCUT2D eigenvalue weighted by atomic mass is 16.1. The molecule has 0 aromatic rings. The van der Waals surface area contributed by atoms with E-state index in [-0.39, 0.29) is 5.78 Å². The zero-order valence-corrected chi connectivity index (χ0v) is 14.9. The number of nitrogens with one attached hydrogen (secondary N) is 2. The Morgan fingerprint density at radius 1 is 1.16 bits per heavy atom. The van der Waals surface area contributed by atoms with Gasteiger partial charge in [-0.15, -0.1) is 5.10 Å². The third kappa shape index (κ3) is 4.79. The first-order valence-corrected chi connectivity index (χ1v) is 8.53. The molecule has 2 aliphatic heterocycles. The highest BCUT2D eigenvalue weighted by Crippen LogP contribution is 2.14. The van der Waals surface area contributed by atoms with Crippen LogP contribution in [0.4, 0.5) is 0 Å². The van der Waals surface area contributed by atoms with Gasteiger partial charge >= 0.3 is 0 Å². The molecule has 0 aromatic heterocycles. The van der Waals surface area contributed by atoms with Gasteiger partial charge < -0.3 is 0 Å². The second-order valence-electron chi connectivity index (χ2n) is 5.79. The van der Waals surface area contributed by atoms with Crippen LogP contribution in [0.3, 0.4) is 0 Å². The Balaban J connectivity index is 2.11. The van der Waals surface area contributed by atoms with Crippen LogP contribution in [0.5, 0.6) is 0 Å². The standard InChI is InChI=1S/C14H28N10O/c1-3-12(25)6-4-5-11(2)21-24(22-9-7-17-13(22)19-15)23-10-8-18-14(23)20-16/h3-10,15-16H2,1-2H3,(H,17,19)(H,18,20). The normalized spacial score (nSPS) is 17.5. The van der Waals surface area contributed by atoms with Crippen LogP contribution in [0.1, 0.15) is 39.5 Å². The van der Waals surface area contributed by atoms with Crippen LogP contribution in [-0.4, -0.2) is 64.8 Å². The predicted octanol–water partition coefficient (Wildman–Crippen LogP) is -1.09. The molecule has 2 rings (SSSR count). The molecule has 0 saturated heterocycles. The van der Waals surface area contributed by atoms with Gasteiger partial charge in [-0.3, -0.25) is 15.6 Å². The number of guanidine groups is 2. The van der Waals surface area contributed by atoms with Gasteiger partial charge in [0.2, 0.25) is 11.9 Å². The molecule has 25 heavy (non-hydrogen) atoms. The number of hydrazone groups is 1. The summed E-state index contributed by atoms with van der Waals surface area (Å²) in [5, 5.41) is 10.1. The molecule has 0 aliphatic carbocycles. The Morgan fingerprint density at radius 3 is 2.20 bits per heavy atom. The SMILES string of the molecule is CCC(=O)CCCC(C)=NN(N1CCN=C1NN)N1CCN=C1NN. The summed E-state index contributed by atoms with van der Waals surface area (Å²) < 4.78 is 0. The van der Waals surface area contributed by atoms with Gasteiger partial charge in [-0.1, -0.05) is 12.2 Å². The number of hydrazine groups is 4. The summed E-state index contributed by atoms with van der Waals surface area (Å²) >= 11 is 0. The minimum absolute atomic E-state index is 0.271. The van der Waals surface area contributed by atoms with Crippen molar-refractivity contribution in [3.63, 3.8) is 0 Å². The lowest BCUT2D eigenvalue weighted by molar-refractivity contribution is -0.118. The number of nitrogens with zero attached hydrogens (tertiary/aromatic N) is 6. The van der Waals surface area contributed by atoms with Gasteiger partial charge in [0.1, 0.15) is 5.78 Å². The molecule has 6 N–H and O–H groups in total. The van der Waals surface area contributed by atoms with Gasteiger partial charge in [0.05, 0.1) is 26.2 Å². The number of Topliss-reactive ketones (excluding diaryl/α,β-unsaturated/α-hetero) is 1. The monoisotopic (exact) mass is 352 g/mol. The summed E-state index contributed by atoms with van der Waals surface area (Å²) in [6, 6.07) is 0. The molecule has 0 bridgehead atoms. The van der Waals surface area contributed by atoms with Crippen molar-refractivity contribution in [1.82, 2.24) is 26.1 Å². The van der Waals surface area contributed by atoms with Crippen molar-refractivity contribution >= 4 is 23.4 Å². The molecule has 0 amide bonds. The van der Waals surface area contributed by atoms with Gasteiger partial charge in [-0.25, -0.2) is 31.7 Å². The number of hydrogen-bond acceptors (Lipinski definition) is 11. The minimum atomic E-state index is 0.271. The number of carbonyl (C=O) groups excluding carboxylic acids is 1. The van der Waals surface area contributed by atoms with Crippen LogP contribution in [0.25, 0.3) is 0 Å². The van der Waals surface area contributed by atoms with E-state index in [1.165, 1.54) is 0 Å². The first-order chi connectivity index (χ1) is 12.1. The molecular formula is C14H28N10O. The van der Waals surface area contributed by atoms with E-state index in [0.29, 0.717) is 50.9 Å². The average Bonchev–Trinajstić information content (AvgIpc) is 3.28. The molecule has 2 aliphatic rings. The maximum atomic E-state index is 11.5. The fraction of sp³-hybridized carbons (Fsp3) is 0.714. The first-order valence-electron chi connectivity index (χ1n) is 8.53. The fourth-order valence-corrected chi connectivity index (χ4v) is 2.62. The molecule has 0 unspecified atom stereocenters. The molecule has 0 saturated carbocycles. The first kappa shape index (κ1) is 18.9. The fourth-order valence-electron chi connectivity index (χ4n) is 2.62. The van der Waals surface area contributed by atoms with Crippen LogP contribution < -0.4 is 22.5 Å². The quantitative estimate of drug-likeness (QED) is 0.245. The van der Waals surface area contributed by atoms with Crippen LogP contribution >= 0.6 is 0 Å². The van der Waals surface area contributed by atoms with Crippen LogP contribution in [0.15, 0.2) is 15.1 Å². The van der Waals surface area contributed by atoms with E-state index in [4.69, 9.17) is 16.8 Å². The highest BCUT2D eigenvalue weighted by molar-refractivity contribution is 5.85. The average molecular weight is 352 g/mol. The number of nitrogens with two attached hydrogens (primary N) is 2. The molecular weight excluding hydrogens is 324 g/mol. The van der Waals surface area contributed by atoms with Crippen molar-refractivity contribution in [1.29, 1.82) is 0 Å². The van der Waals surface area contributed by atoms with Crippen molar-refractivity contribution in [3.8, 4) is 0 Å². The minimum Gasteiger partial charge on any atom is -0.300 e. The lowest BCUT2D eigenvalue weighted by atomic mass is 10.1. The number of carbonyl (C=O) groups is 1. The maximum absolute atomic E-state index is 11.5. The van der Waals surface area contributed by atoms with Crippen LogP contribution in [-0.2, 0) is 4.79 Å². The van der Waals surface area contributed by atoms with Crippen molar-refractivity contribution in [2.45, 2.75) is 39.5 Å². The zero-order valence-electron chi connectivity index (χ0n) is 14.9.